The van der Waals surface area contributed by atoms with Crippen molar-refractivity contribution < 1.29 is 13.2 Å². The average Bonchev–Trinajstić information content (AvgIpc) is 3.28. The highest BCUT2D eigenvalue weighted by molar-refractivity contribution is 7.91. The van der Waals surface area contributed by atoms with Gasteiger partial charge in [0, 0.05) is 30.9 Å². The number of methoxy groups -OCH3 is 1. The van der Waals surface area contributed by atoms with Gasteiger partial charge in [-0.25, -0.2) is 8.42 Å². The molecule has 0 bridgehead atoms. The number of thiophene rings is 1. The second-order valence-corrected chi connectivity index (χ2v) is 11.6. The standard InChI is InChI=1S/C21H27N3O3S2/c1-13-17-7-14(10-22)5-6-20(17)28-21(13)29(25,26)24-11-15-8-18(23(2)3)19(27-4)9-16(15)12-24/h5-7,15-16,18-19H,8-9,11-12H2,1-4H3/t15-,16+,18-,19-/m1/s1. The summed E-state index contributed by atoms with van der Waals surface area (Å²) >= 11 is 1.31. The van der Waals surface area contributed by atoms with Crippen molar-refractivity contribution >= 4 is 31.4 Å². The molecule has 2 heterocycles. The Morgan fingerprint density at radius 2 is 1.93 bits per heavy atom. The summed E-state index contributed by atoms with van der Waals surface area (Å²) in [7, 11) is 2.33. The van der Waals surface area contributed by atoms with Gasteiger partial charge in [0.25, 0.3) is 10.0 Å². The third-order valence-electron chi connectivity index (χ3n) is 6.61. The van der Waals surface area contributed by atoms with Crippen LogP contribution in [0.5, 0.6) is 0 Å². The zero-order chi connectivity index (χ0) is 20.9. The molecule has 2 fully saturated rings. The second kappa shape index (κ2) is 7.64. The topological polar surface area (TPSA) is 73.6 Å². The van der Waals surface area contributed by atoms with Crippen molar-refractivity contribution in [3.8, 4) is 6.07 Å². The summed E-state index contributed by atoms with van der Waals surface area (Å²) in [6, 6.07) is 7.83. The lowest BCUT2D eigenvalue weighted by Gasteiger charge is -2.40. The first-order valence-electron chi connectivity index (χ1n) is 9.89. The molecule has 29 heavy (non-hydrogen) atoms. The SMILES string of the molecule is CO[C@@H]1C[C@H]2CN(S(=O)(=O)c3sc4ccc(C#N)cc4c3C)C[C@H]2C[C@H]1N(C)C. The first-order valence-corrected chi connectivity index (χ1v) is 12.1. The minimum absolute atomic E-state index is 0.143. The number of ether oxygens (including phenoxy) is 1. The van der Waals surface area contributed by atoms with Crippen molar-refractivity contribution in [1.82, 2.24) is 9.21 Å². The zero-order valence-corrected chi connectivity index (χ0v) is 18.9. The van der Waals surface area contributed by atoms with Crippen LogP contribution in [0, 0.1) is 30.1 Å². The van der Waals surface area contributed by atoms with Gasteiger partial charge in [-0.05, 0) is 74.8 Å². The van der Waals surface area contributed by atoms with Crippen LogP contribution in [-0.2, 0) is 14.8 Å². The smallest absolute Gasteiger partial charge is 0.252 e. The molecule has 6 nitrogen and oxygen atoms in total. The van der Waals surface area contributed by atoms with Crippen molar-refractivity contribution in [2.45, 2.75) is 36.1 Å². The summed E-state index contributed by atoms with van der Waals surface area (Å²) in [6.07, 6.45) is 2.00. The van der Waals surface area contributed by atoms with Gasteiger partial charge in [0.1, 0.15) is 4.21 Å². The third kappa shape index (κ3) is 3.49. The van der Waals surface area contributed by atoms with Crippen LogP contribution in [0.4, 0.5) is 0 Å². The number of fused-ring (bicyclic) bond motifs is 2. The van der Waals surface area contributed by atoms with E-state index in [1.54, 1.807) is 23.5 Å². The van der Waals surface area contributed by atoms with E-state index in [1.807, 2.05) is 13.0 Å². The molecule has 0 amide bonds. The number of benzene rings is 1. The fourth-order valence-corrected chi connectivity index (χ4v) is 8.41. The molecule has 1 aliphatic carbocycles. The molecule has 1 saturated carbocycles. The highest BCUT2D eigenvalue weighted by atomic mass is 32.2. The number of hydrogen-bond donors (Lipinski definition) is 0. The molecule has 2 aromatic rings. The lowest BCUT2D eigenvalue weighted by Crippen LogP contribution is -2.47. The van der Waals surface area contributed by atoms with Crippen LogP contribution in [0.1, 0.15) is 24.0 Å². The molecule has 1 aromatic heterocycles. The van der Waals surface area contributed by atoms with Gasteiger partial charge in [-0.1, -0.05) is 0 Å². The number of hydrogen-bond acceptors (Lipinski definition) is 6. The summed E-state index contributed by atoms with van der Waals surface area (Å²) in [5.74, 6) is 0.703. The predicted molar refractivity (Wildman–Crippen MR) is 115 cm³/mol. The molecule has 0 radical (unpaired) electrons. The van der Waals surface area contributed by atoms with E-state index >= 15 is 0 Å². The van der Waals surface area contributed by atoms with Gasteiger partial charge in [0.15, 0.2) is 0 Å². The molecule has 4 rings (SSSR count). The van der Waals surface area contributed by atoms with Crippen molar-refractivity contribution in [2.75, 3.05) is 34.3 Å². The fourth-order valence-electron chi connectivity index (χ4n) is 4.97. The normalized spacial score (nSPS) is 28.0. The summed E-state index contributed by atoms with van der Waals surface area (Å²) < 4.78 is 35.8. The first-order chi connectivity index (χ1) is 13.8. The molecule has 4 atom stereocenters. The first kappa shape index (κ1) is 20.8. The van der Waals surface area contributed by atoms with Crippen LogP contribution in [0.25, 0.3) is 10.1 Å². The highest BCUT2D eigenvalue weighted by Gasteiger charge is 2.46. The maximum atomic E-state index is 13.5. The lowest BCUT2D eigenvalue weighted by atomic mass is 9.77. The van der Waals surface area contributed by atoms with Gasteiger partial charge < -0.3 is 9.64 Å². The molecule has 8 heteroatoms. The van der Waals surface area contributed by atoms with E-state index in [9.17, 15) is 8.42 Å². The maximum Gasteiger partial charge on any atom is 0.252 e. The van der Waals surface area contributed by atoms with E-state index in [4.69, 9.17) is 10.00 Å². The second-order valence-electron chi connectivity index (χ2n) is 8.46. The van der Waals surface area contributed by atoms with Gasteiger partial charge in [0.05, 0.1) is 17.7 Å². The monoisotopic (exact) mass is 433 g/mol. The van der Waals surface area contributed by atoms with Crippen molar-refractivity contribution in [2.24, 2.45) is 11.8 Å². The molecule has 0 spiro atoms. The number of likely N-dealkylation sites (N-methyl/N-ethyl adjacent to an activating group) is 1. The van der Waals surface area contributed by atoms with Gasteiger partial charge in [0.2, 0.25) is 0 Å². The van der Waals surface area contributed by atoms with E-state index in [1.165, 1.54) is 11.3 Å². The Morgan fingerprint density at radius 1 is 1.24 bits per heavy atom. The van der Waals surface area contributed by atoms with Crippen LogP contribution in [-0.4, -0.2) is 64.1 Å². The summed E-state index contributed by atoms with van der Waals surface area (Å²) in [5, 5.41) is 10.0. The average molecular weight is 434 g/mol. The fraction of sp³-hybridized carbons (Fsp3) is 0.571. The van der Waals surface area contributed by atoms with Gasteiger partial charge in [-0.2, -0.15) is 9.57 Å². The Kier molecular flexibility index (Phi) is 5.47. The molecule has 1 aromatic carbocycles. The Labute approximate surface area is 176 Å². The third-order valence-corrected chi connectivity index (χ3v) is 10.3. The van der Waals surface area contributed by atoms with Crippen molar-refractivity contribution in [1.29, 1.82) is 5.26 Å². The molecular weight excluding hydrogens is 406 g/mol. The van der Waals surface area contributed by atoms with E-state index in [2.05, 4.69) is 25.1 Å². The minimum Gasteiger partial charge on any atom is -0.380 e. The quantitative estimate of drug-likeness (QED) is 0.741. The Balaban J connectivity index is 1.63. The van der Waals surface area contributed by atoms with Crippen LogP contribution in [0.3, 0.4) is 0 Å². The molecule has 2 aliphatic rings. The summed E-state index contributed by atoms with van der Waals surface area (Å²) in [4.78, 5) is 2.20. The number of rotatable bonds is 4. The van der Waals surface area contributed by atoms with E-state index in [-0.39, 0.29) is 6.10 Å². The van der Waals surface area contributed by atoms with Crippen LogP contribution in [0.2, 0.25) is 0 Å². The number of aryl methyl sites for hydroxylation is 1. The van der Waals surface area contributed by atoms with E-state index < -0.39 is 10.0 Å². The van der Waals surface area contributed by atoms with Gasteiger partial charge in [-0.15, -0.1) is 11.3 Å². The molecular formula is C21H27N3O3S2. The molecule has 156 valence electrons. The highest BCUT2D eigenvalue weighted by Crippen LogP contribution is 2.43. The maximum absolute atomic E-state index is 13.5. The number of nitriles is 1. The lowest BCUT2D eigenvalue weighted by molar-refractivity contribution is -0.0209. The number of sulfonamides is 1. The predicted octanol–water partition coefficient (Wildman–Crippen LogP) is 3.06. The van der Waals surface area contributed by atoms with Crippen molar-refractivity contribution in [3.63, 3.8) is 0 Å². The zero-order valence-electron chi connectivity index (χ0n) is 17.3. The molecule has 1 aliphatic heterocycles. The minimum atomic E-state index is -3.56. The van der Waals surface area contributed by atoms with Crippen molar-refractivity contribution in [3.05, 3.63) is 29.3 Å². The van der Waals surface area contributed by atoms with Crippen LogP contribution in [0.15, 0.2) is 22.4 Å². The van der Waals surface area contributed by atoms with E-state index in [0.29, 0.717) is 40.7 Å². The molecule has 0 unspecified atom stereocenters. The Bertz CT molecular complexity index is 1070. The number of nitrogens with zero attached hydrogens (tertiary/aromatic N) is 3. The summed E-state index contributed by atoms with van der Waals surface area (Å²) in [5.41, 5.74) is 1.30. The van der Waals surface area contributed by atoms with Gasteiger partial charge in [-0.3, -0.25) is 0 Å². The van der Waals surface area contributed by atoms with Crippen LogP contribution < -0.4 is 0 Å². The van der Waals surface area contributed by atoms with Gasteiger partial charge >= 0.3 is 0 Å². The Morgan fingerprint density at radius 3 is 2.55 bits per heavy atom. The van der Waals surface area contributed by atoms with E-state index in [0.717, 1.165) is 28.5 Å². The Hall–Kier alpha value is -1.50. The van der Waals surface area contributed by atoms with Crippen LogP contribution >= 0.6 is 11.3 Å². The molecule has 0 N–H and O–H groups in total. The summed E-state index contributed by atoms with van der Waals surface area (Å²) in [6.45, 7) is 2.98. The molecule has 1 saturated heterocycles. The largest absolute Gasteiger partial charge is 0.380 e.